The lowest BCUT2D eigenvalue weighted by Gasteiger charge is -2.19. The Kier molecular flexibility index (Phi) is 4.43. The van der Waals surface area contributed by atoms with E-state index < -0.39 is 0 Å². The third-order valence-corrected chi connectivity index (χ3v) is 3.57. The molecule has 1 heterocycles. The molecule has 0 aliphatic heterocycles. The fourth-order valence-corrected chi connectivity index (χ4v) is 2.26. The van der Waals surface area contributed by atoms with Gasteiger partial charge in [-0.3, -0.25) is 0 Å². The summed E-state index contributed by atoms with van der Waals surface area (Å²) < 4.78 is 5.42. The van der Waals surface area contributed by atoms with E-state index in [0.29, 0.717) is 12.0 Å². The average Bonchev–Trinajstić information content (AvgIpc) is 2.92. The highest BCUT2D eigenvalue weighted by molar-refractivity contribution is 5.26. The van der Waals surface area contributed by atoms with Crippen molar-refractivity contribution in [3.05, 3.63) is 59.5 Å². The van der Waals surface area contributed by atoms with Gasteiger partial charge in [-0.25, -0.2) is 0 Å². The van der Waals surface area contributed by atoms with Crippen LogP contribution in [0.4, 0.5) is 0 Å². The van der Waals surface area contributed by atoms with E-state index in [4.69, 9.17) is 4.42 Å². The molecule has 0 amide bonds. The quantitative estimate of drug-likeness (QED) is 0.831. The van der Waals surface area contributed by atoms with Crippen LogP contribution in [-0.4, -0.2) is 0 Å². The first-order valence-corrected chi connectivity index (χ1v) is 6.97. The predicted octanol–water partition coefficient (Wildman–Crippen LogP) is 4.81. The molecule has 2 atom stereocenters. The highest BCUT2D eigenvalue weighted by Gasteiger charge is 2.13. The monoisotopic (exact) mass is 257 g/mol. The third kappa shape index (κ3) is 3.48. The van der Waals surface area contributed by atoms with Crippen LogP contribution in [0.15, 0.2) is 47.1 Å². The molecule has 102 valence electrons. The summed E-state index contributed by atoms with van der Waals surface area (Å²) in [7, 11) is 0. The molecule has 1 unspecified atom stereocenters. The van der Waals surface area contributed by atoms with E-state index in [9.17, 15) is 0 Å². The largest absolute Gasteiger partial charge is 0.468 e. The van der Waals surface area contributed by atoms with Crippen LogP contribution in [0.3, 0.4) is 0 Å². The Labute approximate surface area is 115 Å². The molecule has 0 bridgehead atoms. The van der Waals surface area contributed by atoms with Gasteiger partial charge in [0.1, 0.15) is 5.76 Å². The molecule has 0 saturated carbocycles. The summed E-state index contributed by atoms with van der Waals surface area (Å²) in [4.78, 5) is 0. The maximum atomic E-state index is 5.42. The minimum Gasteiger partial charge on any atom is -0.468 e. The first-order chi connectivity index (χ1) is 9.08. The molecule has 19 heavy (non-hydrogen) atoms. The van der Waals surface area contributed by atoms with E-state index in [1.165, 1.54) is 11.1 Å². The van der Waals surface area contributed by atoms with Crippen molar-refractivity contribution in [2.75, 3.05) is 0 Å². The molecular formula is C17H23NO. The summed E-state index contributed by atoms with van der Waals surface area (Å²) in [6.07, 6.45) is 1.72. The van der Waals surface area contributed by atoms with Gasteiger partial charge in [0, 0.05) is 6.04 Å². The van der Waals surface area contributed by atoms with Crippen LogP contribution < -0.4 is 5.32 Å². The predicted molar refractivity (Wildman–Crippen MR) is 79.2 cm³/mol. The lowest BCUT2D eigenvalue weighted by Crippen LogP contribution is -2.22. The number of nitrogens with one attached hydrogen (secondary N) is 1. The van der Waals surface area contributed by atoms with E-state index in [-0.39, 0.29) is 6.04 Å². The SMILES string of the molecule is CC(C)c1ccc(C(C)N[C@H](C)c2ccco2)cc1. The summed E-state index contributed by atoms with van der Waals surface area (Å²) in [5.74, 6) is 1.56. The Hall–Kier alpha value is -1.54. The van der Waals surface area contributed by atoms with Gasteiger partial charge in [-0.05, 0) is 43.0 Å². The van der Waals surface area contributed by atoms with Crippen molar-refractivity contribution in [1.29, 1.82) is 0 Å². The fraction of sp³-hybridized carbons (Fsp3) is 0.412. The number of hydrogen-bond acceptors (Lipinski definition) is 2. The molecule has 2 nitrogen and oxygen atoms in total. The van der Waals surface area contributed by atoms with Crippen LogP contribution in [0.2, 0.25) is 0 Å². The molecule has 1 N–H and O–H groups in total. The molecule has 0 radical (unpaired) electrons. The number of furan rings is 1. The Balaban J connectivity index is 2.01. The van der Waals surface area contributed by atoms with Crippen LogP contribution >= 0.6 is 0 Å². The zero-order valence-corrected chi connectivity index (χ0v) is 12.2. The maximum absolute atomic E-state index is 5.42. The van der Waals surface area contributed by atoms with Gasteiger partial charge in [-0.15, -0.1) is 0 Å². The number of benzene rings is 1. The van der Waals surface area contributed by atoms with Crippen LogP contribution in [0.1, 0.15) is 62.6 Å². The lowest BCUT2D eigenvalue weighted by molar-refractivity contribution is 0.403. The van der Waals surface area contributed by atoms with E-state index >= 15 is 0 Å². The van der Waals surface area contributed by atoms with Gasteiger partial charge < -0.3 is 9.73 Å². The summed E-state index contributed by atoms with van der Waals surface area (Å²) in [6, 6.07) is 13.3. The van der Waals surface area contributed by atoms with E-state index in [0.717, 1.165) is 5.76 Å². The molecule has 0 fully saturated rings. The molecule has 2 heteroatoms. The highest BCUT2D eigenvalue weighted by atomic mass is 16.3. The second-order valence-corrected chi connectivity index (χ2v) is 5.45. The molecule has 2 aromatic rings. The first kappa shape index (κ1) is 13.9. The zero-order valence-electron chi connectivity index (χ0n) is 12.2. The number of hydrogen-bond donors (Lipinski definition) is 1. The van der Waals surface area contributed by atoms with Crippen LogP contribution in [0.25, 0.3) is 0 Å². The Morgan fingerprint density at radius 2 is 1.47 bits per heavy atom. The fourth-order valence-electron chi connectivity index (χ4n) is 2.26. The molecule has 0 aliphatic carbocycles. The second-order valence-electron chi connectivity index (χ2n) is 5.45. The minimum atomic E-state index is 0.217. The molecular weight excluding hydrogens is 234 g/mol. The standard InChI is InChI=1S/C17H23NO/c1-12(2)15-7-9-16(10-8-15)13(3)18-14(4)17-6-5-11-19-17/h5-14,18H,1-4H3/t13?,14-/m1/s1. The van der Waals surface area contributed by atoms with E-state index in [1.807, 2.05) is 12.1 Å². The Morgan fingerprint density at radius 1 is 0.842 bits per heavy atom. The van der Waals surface area contributed by atoms with Gasteiger partial charge in [0.2, 0.25) is 0 Å². The van der Waals surface area contributed by atoms with Crippen molar-refractivity contribution >= 4 is 0 Å². The normalized spacial score (nSPS) is 14.6. The molecule has 0 spiro atoms. The zero-order chi connectivity index (χ0) is 13.8. The van der Waals surface area contributed by atoms with Crippen molar-refractivity contribution in [3.8, 4) is 0 Å². The van der Waals surface area contributed by atoms with Crippen LogP contribution in [0, 0.1) is 0 Å². The summed E-state index contributed by atoms with van der Waals surface area (Å²) in [6.45, 7) is 8.74. The minimum absolute atomic E-state index is 0.217. The van der Waals surface area contributed by atoms with Crippen LogP contribution in [0.5, 0.6) is 0 Å². The van der Waals surface area contributed by atoms with Crippen molar-refractivity contribution in [2.45, 2.75) is 45.7 Å². The van der Waals surface area contributed by atoms with Crippen LogP contribution in [-0.2, 0) is 0 Å². The van der Waals surface area contributed by atoms with Gasteiger partial charge in [0.15, 0.2) is 0 Å². The molecule has 0 saturated heterocycles. The summed E-state index contributed by atoms with van der Waals surface area (Å²) >= 11 is 0. The smallest absolute Gasteiger partial charge is 0.120 e. The summed E-state index contributed by atoms with van der Waals surface area (Å²) in [5, 5.41) is 3.55. The van der Waals surface area contributed by atoms with E-state index in [2.05, 4.69) is 57.3 Å². The van der Waals surface area contributed by atoms with Gasteiger partial charge in [-0.1, -0.05) is 38.1 Å². The van der Waals surface area contributed by atoms with Gasteiger partial charge in [0.25, 0.3) is 0 Å². The molecule has 1 aromatic heterocycles. The Morgan fingerprint density at radius 3 is 2.00 bits per heavy atom. The van der Waals surface area contributed by atoms with Crippen molar-refractivity contribution < 1.29 is 4.42 Å². The van der Waals surface area contributed by atoms with Crippen molar-refractivity contribution in [1.82, 2.24) is 5.32 Å². The van der Waals surface area contributed by atoms with Gasteiger partial charge in [0.05, 0.1) is 12.3 Å². The number of rotatable bonds is 5. The lowest BCUT2D eigenvalue weighted by atomic mass is 9.99. The Bertz CT molecular complexity index is 484. The molecule has 2 rings (SSSR count). The maximum Gasteiger partial charge on any atom is 0.120 e. The second kappa shape index (κ2) is 6.07. The first-order valence-electron chi connectivity index (χ1n) is 6.97. The molecule has 1 aromatic carbocycles. The van der Waals surface area contributed by atoms with Crippen molar-refractivity contribution in [2.24, 2.45) is 0 Å². The highest BCUT2D eigenvalue weighted by Crippen LogP contribution is 2.21. The van der Waals surface area contributed by atoms with E-state index in [1.54, 1.807) is 6.26 Å². The molecule has 0 aliphatic rings. The topological polar surface area (TPSA) is 25.2 Å². The summed E-state index contributed by atoms with van der Waals surface area (Å²) in [5.41, 5.74) is 2.69. The average molecular weight is 257 g/mol. The third-order valence-electron chi connectivity index (χ3n) is 3.57. The van der Waals surface area contributed by atoms with Gasteiger partial charge in [-0.2, -0.15) is 0 Å². The van der Waals surface area contributed by atoms with Gasteiger partial charge >= 0.3 is 0 Å². The van der Waals surface area contributed by atoms with Crippen molar-refractivity contribution in [3.63, 3.8) is 0 Å².